The first kappa shape index (κ1) is 40.8. The molecule has 0 bridgehead atoms. The predicted molar refractivity (Wildman–Crippen MR) is 190 cm³/mol. The number of phenols is 2. The van der Waals surface area contributed by atoms with E-state index < -0.39 is 72.5 Å². The van der Waals surface area contributed by atoms with Crippen molar-refractivity contribution in [3.05, 3.63) is 69.7 Å². The summed E-state index contributed by atoms with van der Waals surface area (Å²) in [5, 5.41) is 68.4. The number of esters is 2. The van der Waals surface area contributed by atoms with E-state index in [0.717, 1.165) is 16.3 Å². The molecule has 0 amide bonds. The van der Waals surface area contributed by atoms with Gasteiger partial charge in [-0.1, -0.05) is 16.9 Å². The molecule has 6 N–H and O–H groups in total. The van der Waals surface area contributed by atoms with E-state index in [9.17, 15) is 45.0 Å². The first-order chi connectivity index (χ1) is 26.3. The van der Waals surface area contributed by atoms with Gasteiger partial charge in [0.2, 0.25) is 11.2 Å². The SMILES string of the molecule is COc1ccc(-c2oc3c(CC=C(C)C)c(O)cc(O)c3c(=O)c2OC(=O)CCC(=O)OCCCOCc2cn([C@H]3O[C@@H](CO)[C@H](O)[C@@H](O)[C@@H]3O)nn2)cc1. The third kappa shape index (κ3) is 9.66. The van der Waals surface area contributed by atoms with Gasteiger partial charge in [-0.2, -0.15) is 0 Å². The van der Waals surface area contributed by atoms with Crippen LogP contribution in [0.1, 0.15) is 50.6 Å². The number of carbonyl (C=O) groups is 2. The van der Waals surface area contributed by atoms with Crippen LogP contribution in [0, 0.1) is 0 Å². The largest absolute Gasteiger partial charge is 0.507 e. The summed E-state index contributed by atoms with van der Waals surface area (Å²) in [6.07, 6.45) is -4.06. The van der Waals surface area contributed by atoms with Crippen molar-refractivity contribution in [2.75, 3.05) is 26.9 Å². The van der Waals surface area contributed by atoms with Gasteiger partial charge in [-0.15, -0.1) is 5.10 Å². The first-order valence-corrected chi connectivity index (χ1v) is 17.3. The first-order valence-electron chi connectivity index (χ1n) is 17.3. The second-order valence-corrected chi connectivity index (χ2v) is 12.9. The minimum Gasteiger partial charge on any atom is -0.507 e. The summed E-state index contributed by atoms with van der Waals surface area (Å²) >= 11 is 0. The van der Waals surface area contributed by atoms with Crippen molar-refractivity contribution in [2.24, 2.45) is 0 Å². The molecule has 1 fully saturated rings. The van der Waals surface area contributed by atoms with Crippen LogP contribution < -0.4 is 14.9 Å². The van der Waals surface area contributed by atoms with Crippen LogP contribution >= 0.6 is 0 Å². The number of ether oxygens (including phenoxy) is 5. The van der Waals surface area contributed by atoms with E-state index in [4.69, 9.17) is 28.1 Å². The minimum atomic E-state index is -1.57. The highest BCUT2D eigenvalue weighted by molar-refractivity contribution is 5.92. The quantitative estimate of drug-likeness (QED) is 0.0539. The molecule has 0 spiro atoms. The summed E-state index contributed by atoms with van der Waals surface area (Å²) < 4.78 is 34.1. The Hall–Kier alpha value is -5.37. The molecule has 1 aliphatic rings. The number of rotatable bonds is 16. The fraction of sp³-hybridized carbons (Fsp3) is 0.432. The fourth-order valence-electron chi connectivity index (χ4n) is 5.67. The molecule has 1 aliphatic heterocycles. The molecule has 2 aromatic carbocycles. The average Bonchev–Trinajstić information content (AvgIpc) is 3.63. The van der Waals surface area contributed by atoms with Crippen LogP contribution in [0.15, 0.2) is 57.4 Å². The predicted octanol–water partition coefficient (Wildman–Crippen LogP) is 1.79. The average molecular weight is 770 g/mol. The van der Waals surface area contributed by atoms with Crippen LogP contribution in [0.4, 0.5) is 0 Å². The number of aliphatic hydroxyl groups excluding tert-OH is 4. The van der Waals surface area contributed by atoms with Crippen molar-refractivity contribution in [2.45, 2.75) is 76.8 Å². The number of aliphatic hydroxyl groups is 4. The fourth-order valence-corrected chi connectivity index (χ4v) is 5.67. The lowest BCUT2D eigenvalue weighted by Crippen LogP contribution is -2.56. The van der Waals surface area contributed by atoms with E-state index in [-0.39, 0.29) is 67.1 Å². The molecule has 5 atom stereocenters. The highest BCUT2D eigenvalue weighted by Gasteiger charge is 2.44. The number of aromatic hydroxyl groups is 2. The molecule has 0 unspecified atom stereocenters. The zero-order valence-corrected chi connectivity index (χ0v) is 30.3. The van der Waals surface area contributed by atoms with Gasteiger partial charge < -0.3 is 58.7 Å². The summed E-state index contributed by atoms with van der Waals surface area (Å²) in [6, 6.07) is 7.39. The number of aromatic nitrogens is 3. The third-order valence-electron chi connectivity index (χ3n) is 8.63. The van der Waals surface area contributed by atoms with Gasteiger partial charge in [0.1, 0.15) is 58.3 Å². The van der Waals surface area contributed by atoms with Gasteiger partial charge in [0.25, 0.3) is 0 Å². The molecule has 18 nitrogen and oxygen atoms in total. The lowest BCUT2D eigenvalue weighted by molar-refractivity contribution is -0.254. The molecule has 5 rings (SSSR count). The monoisotopic (exact) mass is 769 g/mol. The molecule has 18 heteroatoms. The number of carbonyl (C=O) groups excluding carboxylic acids is 2. The van der Waals surface area contributed by atoms with Crippen molar-refractivity contribution in [3.8, 4) is 34.3 Å². The highest BCUT2D eigenvalue weighted by Crippen LogP contribution is 2.39. The second kappa shape index (κ2) is 18.3. The van der Waals surface area contributed by atoms with Gasteiger partial charge in [0, 0.05) is 23.6 Å². The van der Waals surface area contributed by atoms with Crippen molar-refractivity contribution in [1.29, 1.82) is 0 Å². The van der Waals surface area contributed by atoms with Crippen LogP contribution in [0.25, 0.3) is 22.3 Å². The molecule has 296 valence electrons. The normalized spacial score (nSPS) is 19.6. The van der Waals surface area contributed by atoms with E-state index in [2.05, 4.69) is 10.3 Å². The number of benzene rings is 2. The van der Waals surface area contributed by atoms with Crippen molar-refractivity contribution in [3.63, 3.8) is 0 Å². The second-order valence-electron chi connectivity index (χ2n) is 12.9. The van der Waals surface area contributed by atoms with E-state index in [1.807, 2.05) is 19.9 Å². The van der Waals surface area contributed by atoms with Crippen LogP contribution in [-0.4, -0.2) is 109 Å². The van der Waals surface area contributed by atoms with Crippen molar-refractivity contribution >= 4 is 22.9 Å². The van der Waals surface area contributed by atoms with Crippen molar-refractivity contribution < 1.29 is 68.3 Å². The Labute approximate surface area is 313 Å². The standard InChI is InChI=1S/C37H43N3O15/c1-19(2)5-10-23-24(42)15-25(43)29-31(47)36(34(55-35(23)29)20-6-8-22(50-3)9-7-20)54-28(45)12-11-27(44)52-14-4-13-51-18-21-16-40(39-38-21)37-33(49)32(48)30(46)26(17-41)53-37/h5-9,15-16,26,30,32-33,37,41-43,46,48-49H,4,10-14,17-18H2,1-3H3/t26-,30-,32+,33-,37-/m0/s1. The minimum absolute atomic E-state index is 0.00576. The maximum Gasteiger partial charge on any atom is 0.312 e. The molecule has 3 heterocycles. The number of nitrogens with zero attached hydrogens (tertiary/aromatic N) is 3. The Morgan fingerprint density at radius 3 is 2.40 bits per heavy atom. The molecule has 55 heavy (non-hydrogen) atoms. The Balaban J connectivity index is 1.16. The van der Waals surface area contributed by atoms with Crippen LogP contribution in [0.3, 0.4) is 0 Å². The van der Waals surface area contributed by atoms with Crippen LogP contribution in [-0.2, 0) is 36.8 Å². The van der Waals surface area contributed by atoms with E-state index in [1.54, 1.807) is 24.3 Å². The Morgan fingerprint density at radius 1 is 0.982 bits per heavy atom. The summed E-state index contributed by atoms with van der Waals surface area (Å²) in [6.45, 7) is 3.23. The molecular formula is C37H43N3O15. The Bertz CT molecular complexity index is 2050. The van der Waals surface area contributed by atoms with Crippen LogP contribution in [0.2, 0.25) is 0 Å². The number of hydrogen-bond acceptors (Lipinski definition) is 17. The molecule has 0 saturated carbocycles. The third-order valence-corrected chi connectivity index (χ3v) is 8.63. The van der Waals surface area contributed by atoms with E-state index in [1.165, 1.54) is 13.3 Å². The molecule has 0 radical (unpaired) electrons. The lowest BCUT2D eigenvalue weighted by Gasteiger charge is -2.39. The summed E-state index contributed by atoms with van der Waals surface area (Å²) in [7, 11) is 1.48. The summed E-state index contributed by atoms with van der Waals surface area (Å²) in [5.41, 5.74) is 0.908. The zero-order chi connectivity index (χ0) is 39.8. The van der Waals surface area contributed by atoms with Gasteiger partial charge in [0.15, 0.2) is 12.0 Å². The lowest BCUT2D eigenvalue weighted by atomic mass is 9.98. The maximum absolute atomic E-state index is 13.8. The Morgan fingerprint density at radius 2 is 1.71 bits per heavy atom. The van der Waals surface area contributed by atoms with E-state index in [0.29, 0.717) is 17.0 Å². The topological polar surface area (TPSA) is 263 Å². The molecule has 0 aliphatic carbocycles. The van der Waals surface area contributed by atoms with Crippen molar-refractivity contribution in [1.82, 2.24) is 15.0 Å². The van der Waals surface area contributed by atoms with Crippen LogP contribution in [0.5, 0.6) is 23.0 Å². The highest BCUT2D eigenvalue weighted by atomic mass is 16.6. The maximum atomic E-state index is 13.8. The van der Waals surface area contributed by atoms with Gasteiger partial charge in [0.05, 0.1) is 52.6 Å². The number of phenolic OH excluding ortho intramolecular Hbond substituents is 2. The van der Waals surface area contributed by atoms with Gasteiger partial charge in [-0.25, -0.2) is 4.68 Å². The zero-order valence-electron chi connectivity index (χ0n) is 30.3. The smallest absolute Gasteiger partial charge is 0.312 e. The Kier molecular flexibility index (Phi) is 13.6. The summed E-state index contributed by atoms with van der Waals surface area (Å²) in [4.78, 5) is 39.2. The van der Waals surface area contributed by atoms with Gasteiger partial charge in [-0.3, -0.25) is 14.4 Å². The number of allylic oxidation sites excluding steroid dienone is 2. The molecule has 1 saturated heterocycles. The molecule has 4 aromatic rings. The van der Waals surface area contributed by atoms with Gasteiger partial charge >= 0.3 is 11.9 Å². The number of fused-ring (bicyclic) bond motifs is 1. The number of methoxy groups -OCH3 is 1. The van der Waals surface area contributed by atoms with E-state index >= 15 is 0 Å². The number of hydrogen-bond donors (Lipinski definition) is 6. The van der Waals surface area contributed by atoms with Gasteiger partial charge in [-0.05, 0) is 44.5 Å². The summed E-state index contributed by atoms with van der Waals surface area (Å²) in [5.74, 6) is -2.67. The molecular weight excluding hydrogens is 726 g/mol. The molecule has 2 aromatic heterocycles.